The largest absolute Gasteiger partial charge is 0.382 e. The molecule has 0 unspecified atom stereocenters. The van der Waals surface area contributed by atoms with Crippen LogP contribution in [-0.4, -0.2) is 64.0 Å². The molecule has 3 N–H and O–H groups in total. The molecule has 0 amide bonds. The number of hydrogen-bond donors (Lipinski definition) is 2. The van der Waals surface area contributed by atoms with Crippen LogP contribution in [0.3, 0.4) is 0 Å². The Labute approximate surface area is 180 Å². The summed E-state index contributed by atoms with van der Waals surface area (Å²) in [6, 6.07) is 4.42. The molecule has 3 fully saturated rings. The molecule has 9 nitrogen and oxygen atoms in total. The van der Waals surface area contributed by atoms with E-state index in [0.29, 0.717) is 30.4 Å². The smallest absolute Gasteiger partial charge is 0.169 e. The maximum atomic E-state index is 6.48. The van der Waals surface area contributed by atoms with E-state index >= 15 is 0 Å². The summed E-state index contributed by atoms with van der Waals surface area (Å²) in [6.07, 6.45) is 6.43. The second-order valence-corrected chi connectivity index (χ2v) is 9.39. The van der Waals surface area contributed by atoms with Gasteiger partial charge in [-0.25, -0.2) is 4.98 Å². The monoisotopic (exact) mass is 423 g/mol. The van der Waals surface area contributed by atoms with E-state index < -0.39 is 0 Å². The van der Waals surface area contributed by atoms with E-state index in [1.54, 1.807) is 10.9 Å². The highest BCUT2D eigenvalue weighted by molar-refractivity contribution is 5.92. The lowest BCUT2D eigenvalue weighted by atomic mass is 9.67. The van der Waals surface area contributed by atoms with E-state index in [9.17, 15) is 0 Å². The number of rotatable bonds is 3. The van der Waals surface area contributed by atoms with Crippen LogP contribution in [-0.2, 0) is 9.47 Å². The minimum Gasteiger partial charge on any atom is -0.382 e. The number of hydrogen-bond acceptors (Lipinski definition) is 7. The molecule has 5 heterocycles. The molecule has 1 spiro atoms. The van der Waals surface area contributed by atoms with Crippen molar-refractivity contribution in [3.8, 4) is 5.82 Å². The zero-order valence-corrected chi connectivity index (χ0v) is 17.9. The van der Waals surface area contributed by atoms with Crippen molar-refractivity contribution in [3.05, 3.63) is 23.9 Å². The molecule has 164 valence electrons. The van der Waals surface area contributed by atoms with Gasteiger partial charge in [-0.3, -0.25) is 5.10 Å². The minimum absolute atomic E-state index is 0.272. The average molecular weight is 424 g/mol. The molecule has 3 aromatic heterocycles. The van der Waals surface area contributed by atoms with Gasteiger partial charge in [0.2, 0.25) is 0 Å². The predicted molar refractivity (Wildman–Crippen MR) is 118 cm³/mol. The topological polar surface area (TPSA) is 107 Å². The molecule has 1 atom stereocenters. The molecule has 1 aliphatic carbocycles. The number of nitrogens with zero attached hydrogens (tertiary/aromatic N) is 5. The molecule has 0 aromatic carbocycles. The van der Waals surface area contributed by atoms with Gasteiger partial charge in [0, 0.05) is 18.0 Å². The van der Waals surface area contributed by atoms with E-state index in [1.807, 2.05) is 6.07 Å². The molecule has 6 rings (SSSR count). The first-order valence-corrected chi connectivity index (χ1v) is 11.2. The average Bonchev–Trinajstić information content (AvgIpc) is 3.41. The fourth-order valence-electron chi connectivity index (χ4n) is 5.45. The van der Waals surface area contributed by atoms with Crippen molar-refractivity contribution in [2.45, 2.75) is 44.6 Å². The van der Waals surface area contributed by atoms with E-state index in [-0.39, 0.29) is 6.04 Å². The van der Waals surface area contributed by atoms with Crippen LogP contribution in [0.4, 0.5) is 11.6 Å². The Hall–Kier alpha value is -2.65. The van der Waals surface area contributed by atoms with Crippen molar-refractivity contribution >= 4 is 22.7 Å². The SMILES string of the molecule is C[C@@H]1COCCN1c1cc(C2CCC3(CC2)COC3)c2c(N)nn(-c3ccn[nH]3)c2n1. The minimum atomic E-state index is 0.272. The Morgan fingerprint density at radius 3 is 2.74 bits per heavy atom. The lowest BCUT2D eigenvalue weighted by Gasteiger charge is -2.46. The molecule has 2 saturated heterocycles. The molecule has 1 saturated carbocycles. The van der Waals surface area contributed by atoms with Crippen LogP contribution in [0.25, 0.3) is 16.9 Å². The first-order valence-electron chi connectivity index (χ1n) is 11.2. The fraction of sp³-hybridized carbons (Fsp3) is 0.591. The fourth-order valence-corrected chi connectivity index (χ4v) is 5.45. The first kappa shape index (κ1) is 19.1. The maximum Gasteiger partial charge on any atom is 0.169 e. The second kappa shape index (κ2) is 7.20. The van der Waals surface area contributed by atoms with E-state index in [2.05, 4.69) is 33.2 Å². The van der Waals surface area contributed by atoms with Crippen molar-refractivity contribution in [2.75, 3.05) is 43.6 Å². The van der Waals surface area contributed by atoms with Crippen LogP contribution in [0.15, 0.2) is 18.3 Å². The summed E-state index contributed by atoms with van der Waals surface area (Å²) in [5, 5.41) is 12.7. The van der Waals surface area contributed by atoms with Gasteiger partial charge in [-0.15, -0.1) is 5.10 Å². The van der Waals surface area contributed by atoms with Crippen molar-refractivity contribution in [1.82, 2.24) is 25.0 Å². The lowest BCUT2D eigenvalue weighted by Crippen LogP contribution is -2.45. The van der Waals surface area contributed by atoms with Gasteiger partial charge >= 0.3 is 0 Å². The molecular weight excluding hydrogens is 394 g/mol. The number of nitrogens with one attached hydrogen (secondary N) is 1. The van der Waals surface area contributed by atoms with E-state index in [0.717, 1.165) is 55.3 Å². The highest BCUT2D eigenvalue weighted by atomic mass is 16.5. The van der Waals surface area contributed by atoms with Gasteiger partial charge in [-0.2, -0.15) is 9.78 Å². The lowest BCUT2D eigenvalue weighted by molar-refractivity contribution is -0.132. The van der Waals surface area contributed by atoms with Crippen molar-refractivity contribution in [2.24, 2.45) is 5.41 Å². The molecule has 2 aliphatic heterocycles. The van der Waals surface area contributed by atoms with Crippen LogP contribution in [0.5, 0.6) is 0 Å². The number of aromatic amines is 1. The molecule has 0 bridgehead atoms. The van der Waals surface area contributed by atoms with Crippen molar-refractivity contribution < 1.29 is 9.47 Å². The van der Waals surface area contributed by atoms with Gasteiger partial charge in [-0.05, 0) is 50.2 Å². The Morgan fingerprint density at radius 2 is 2.06 bits per heavy atom. The zero-order valence-electron chi connectivity index (χ0n) is 17.9. The number of pyridine rings is 1. The number of aromatic nitrogens is 5. The van der Waals surface area contributed by atoms with Crippen LogP contribution in [0.2, 0.25) is 0 Å². The number of nitrogens with two attached hydrogens (primary N) is 1. The van der Waals surface area contributed by atoms with Gasteiger partial charge in [0.15, 0.2) is 17.3 Å². The summed E-state index contributed by atoms with van der Waals surface area (Å²) in [5.41, 5.74) is 8.96. The number of anilines is 2. The van der Waals surface area contributed by atoms with Gasteiger partial charge in [0.1, 0.15) is 5.82 Å². The van der Waals surface area contributed by atoms with Gasteiger partial charge < -0.3 is 20.1 Å². The third-order valence-corrected chi connectivity index (χ3v) is 7.36. The number of fused-ring (bicyclic) bond motifs is 1. The first-order chi connectivity index (χ1) is 15.1. The molecule has 31 heavy (non-hydrogen) atoms. The molecule has 3 aliphatic rings. The second-order valence-electron chi connectivity index (χ2n) is 9.39. The quantitative estimate of drug-likeness (QED) is 0.667. The Bertz CT molecular complexity index is 1080. The van der Waals surface area contributed by atoms with E-state index in [1.165, 1.54) is 18.4 Å². The van der Waals surface area contributed by atoms with Crippen molar-refractivity contribution in [3.63, 3.8) is 0 Å². The summed E-state index contributed by atoms with van der Waals surface area (Å²) in [7, 11) is 0. The van der Waals surface area contributed by atoms with E-state index in [4.69, 9.17) is 20.2 Å². The van der Waals surface area contributed by atoms with Gasteiger partial charge in [0.05, 0.1) is 44.1 Å². The number of morpholine rings is 1. The Kier molecular flexibility index (Phi) is 4.43. The highest BCUT2D eigenvalue weighted by Gasteiger charge is 2.42. The standard InChI is InChI=1S/C22H29N7O2/c1-14-11-30-9-8-28(14)18-10-16(15-2-5-22(6-3-15)12-31-13-22)19-20(23)27-29(21(19)25-18)17-4-7-24-26-17/h4,7,10,14-15H,2-3,5-6,8-9,11-13H2,1H3,(H2,23,27)(H,24,26)/t14-/m1/s1. The maximum absolute atomic E-state index is 6.48. The summed E-state index contributed by atoms with van der Waals surface area (Å²) in [6.45, 7) is 6.28. The van der Waals surface area contributed by atoms with Crippen LogP contribution in [0, 0.1) is 5.41 Å². The summed E-state index contributed by atoms with van der Waals surface area (Å²) < 4.78 is 13.0. The number of ether oxygens (including phenoxy) is 2. The highest BCUT2D eigenvalue weighted by Crippen LogP contribution is 2.49. The van der Waals surface area contributed by atoms with Gasteiger partial charge in [0.25, 0.3) is 0 Å². The van der Waals surface area contributed by atoms with Gasteiger partial charge in [-0.1, -0.05) is 0 Å². The third kappa shape index (κ3) is 3.10. The summed E-state index contributed by atoms with van der Waals surface area (Å²) in [5.74, 6) is 2.72. The molecular formula is C22H29N7O2. The Balaban J connectivity index is 1.47. The Morgan fingerprint density at radius 1 is 1.23 bits per heavy atom. The van der Waals surface area contributed by atoms with Crippen LogP contribution in [0.1, 0.15) is 44.1 Å². The molecule has 0 radical (unpaired) electrons. The predicted octanol–water partition coefficient (Wildman–Crippen LogP) is 2.63. The number of H-pyrrole nitrogens is 1. The van der Waals surface area contributed by atoms with Crippen LogP contribution < -0.4 is 10.6 Å². The zero-order chi connectivity index (χ0) is 21.0. The van der Waals surface area contributed by atoms with Crippen molar-refractivity contribution in [1.29, 1.82) is 0 Å². The summed E-state index contributed by atoms with van der Waals surface area (Å²) >= 11 is 0. The normalized spacial score (nSPS) is 24.0. The third-order valence-electron chi connectivity index (χ3n) is 7.36. The summed E-state index contributed by atoms with van der Waals surface area (Å²) in [4.78, 5) is 7.40. The number of nitrogen functional groups attached to an aromatic ring is 1. The molecule has 9 heteroatoms. The molecule has 3 aromatic rings. The van der Waals surface area contributed by atoms with Crippen LogP contribution >= 0.6 is 0 Å².